The Morgan fingerprint density at radius 2 is 2.00 bits per heavy atom. The van der Waals surface area contributed by atoms with Crippen LogP contribution in [0.3, 0.4) is 0 Å². The number of halogens is 1. The number of hydrogen-bond donors (Lipinski definition) is 0. The Hall–Kier alpha value is -3.02. The van der Waals surface area contributed by atoms with Gasteiger partial charge < -0.3 is 9.47 Å². The maximum atomic E-state index is 13.8. The van der Waals surface area contributed by atoms with Crippen molar-refractivity contribution in [2.75, 3.05) is 13.1 Å². The number of carbonyl (C=O) groups excluding carboxylic acids is 1. The van der Waals surface area contributed by atoms with Crippen LogP contribution in [0.25, 0.3) is 11.4 Å². The van der Waals surface area contributed by atoms with Gasteiger partial charge in [-0.25, -0.2) is 4.39 Å². The molecule has 0 unspecified atom stereocenters. The van der Waals surface area contributed by atoms with Gasteiger partial charge in [-0.2, -0.15) is 0 Å². The van der Waals surface area contributed by atoms with Gasteiger partial charge in [0.1, 0.15) is 12.1 Å². The minimum atomic E-state index is -0.350. The van der Waals surface area contributed by atoms with Gasteiger partial charge in [0.15, 0.2) is 5.82 Å². The van der Waals surface area contributed by atoms with Gasteiger partial charge >= 0.3 is 0 Å². The van der Waals surface area contributed by atoms with Crippen LogP contribution >= 0.6 is 0 Å². The molecule has 1 aliphatic heterocycles. The number of aromatic nitrogens is 3. The second-order valence-corrected chi connectivity index (χ2v) is 6.59. The lowest BCUT2D eigenvalue weighted by Gasteiger charge is -2.18. The van der Waals surface area contributed by atoms with E-state index in [2.05, 4.69) is 10.2 Å². The van der Waals surface area contributed by atoms with Crippen LogP contribution in [-0.2, 0) is 0 Å². The lowest BCUT2D eigenvalue weighted by atomic mass is 10.1. The summed E-state index contributed by atoms with van der Waals surface area (Å²) in [6, 6.07) is 14.6. The van der Waals surface area contributed by atoms with Gasteiger partial charge in [-0.05, 0) is 31.0 Å². The third-order valence-corrected chi connectivity index (χ3v) is 4.87. The van der Waals surface area contributed by atoms with Crippen LogP contribution in [0.1, 0.15) is 28.4 Å². The molecule has 0 aliphatic carbocycles. The first-order valence-electron chi connectivity index (χ1n) is 8.64. The summed E-state index contributed by atoms with van der Waals surface area (Å²) in [6.07, 6.45) is 2.53. The van der Waals surface area contributed by atoms with Gasteiger partial charge in [0.2, 0.25) is 0 Å². The van der Waals surface area contributed by atoms with Crippen molar-refractivity contribution in [2.24, 2.45) is 0 Å². The van der Waals surface area contributed by atoms with E-state index < -0.39 is 0 Å². The first-order chi connectivity index (χ1) is 12.6. The van der Waals surface area contributed by atoms with Crippen molar-refractivity contribution in [1.82, 2.24) is 19.7 Å². The molecule has 1 fully saturated rings. The number of aryl methyl sites for hydroxylation is 1. The first kappa shape index (κ1) is 16.4. The number of nitrogens with zero attached hydrogens (tertiary/aromatic N) is 4. The molecule has 1 aromatic heterocycles. The van der Waals surface area contributed by atoms with Crippen molar-refractivity contribution in [3.63, 3.8) is 0 Å². The van der Waals surface area contributed by atoms with E-state index in [-0.39, 0.29) is 17.8 Å². The van der Waals surface area contributed by atoms with Crippen LogP contribution in [0.5, 0.6) is 0 Å². The summed E-state index contributed by atoms with van der Waals surface area (Å²) < 4.78 is 15.8. The first-order valence-corrected chi connectivity index (χ1v) is 8.64. The molecule has 2 aromatic carbocycles. The Morgan fingerprint density at radius 1 is 1.19 bits per heavy atom. The smallest absolute Gasteiger partial charge is 0.254 e. The second-order valence-electron chi connectivity index (χ2n) is 6.59. The monoisotopic (exact) mass is 350 g/mol. The van der Waals surface area contributed by atoms with E-state index in [1.54, 1.807) is 30.3 Å². The van der Waals surface area contributed by atoms with Gasteiger partial charge in [0.05, 0.1) is 6.04 Å². The van der Waals surface area contributed by atoms with E-state index in [1.807, 2.05) is 34.9 Å². The number of likely N-dealkylation sites (tertiary alicyclic amines) is 1. The van der Waals surface area contributed by atoms with Gasteiger partial charge in [-0.1, -0.05) is 36.4 Å². The molecule has 6 heteroatoms. The Balaban J connectivity index is 1.54. The fourth-order valence-corrected chi connectivity index (χ4v) is 3.37. The highest BCUT2D eigenvalue weighted by Gasteiger charge is 2.29. The van der Waals surface area contributed by atoms with Gasteiger partial charge in [-0.15, -0.1) is 10.2 Å². The van der Waals surface area contributed by atoms with Crippen molar-refractivity contribution in [1.29, 1.82) is 0 Å². The molecule has 2 heterocycles. The molecule has 1 saturated heterocycles. The summed E-state index contributed by atoms with van der Waals surface area (Å²) in [7, 11) is 0. The number of rotatable bonds is 3. The molecule has 26 heavy (non-hydrogen) atoms. The lowest BCUT2D eigenvalue weighted by molar-refractivity contribution is 0.0787. The van der Waals surface area contributed by atoms with Crippen LogP contribution in [-0.4, -0.2) is 38.7 Å². The quantitative estimate of drug-likeness (QED) is 0.727. The van der Waals surface area contributed by atoms with Gasteiger partial charge in [0, 0.05) is 24.2 Å². The maximum Gasteiger partial charge on any atom is 0.254 e. The predicted molar refractivity (Wildman–Crippen MR) is 96.2 cm³/mol. The molecule has 0 bridgehead atoms. The van der Waals surface area contributed by atoms with Crippen LogP contribution in [0, 0.1) is 12.7 Å². The van der Waals surface area contributed by atoms with Crippen molar-refractivity contribution < 1.29 is 9.18 Å². The molecule has 1 aliphatic rings. The number of hydrogen-bond acceptors (Lipinski definition) is 3. The predicted octanol–water partition coefficient (Wildman–Crippen LogP) is 3.48. The van der Waals surface area contributed by atoms with Crippen LogP contribution < -0.4 is 0 Å². The van der Waals surface area contributed by atoms with Crippen molar-refractivity contribution >= 4 is 5.91 Å². The normalized spacial score (nSPS) is 16.8. The Morgan fingerprint density at radius 3 is 2.77 bits per heavy atom. The minimum Gasteiger partial charge on any atom is -0.336 e. The number of benzene rings is 2. The summed E-state index contributed by atoms with van der Waals surface area (Å²) in [4.78, 5) is 14.5. The van der Waals surface area contributed by atoms with E-state index in [0.717, 1.165) is 17.8 Å². The van der Waals surface area contributed by atoms with Crippen molar-refractivity contribution in [2.45, 2.75) is 19.4 Å². The number of amides is 1. The molecule has 0 spiro atoms. The molecule has 0 radical (unpaired) electrons. The van der Waals surface area contributed by atoms with E-state index in [9.17, 15) is 9.18 Å². The summed E-state index contributed by atoms with van der Waals surface area (Å²) >= 11 is 0. The molecule has 132 valence electrons. The van der Waals surface area contributed by atoms with E-state index >= 15 is 0 Å². The van der Waals surface area contributed by atoms with E-state index in [1.165, 1.54) is 6.07 Å². The largest absolute Gasteiger partial charge is 0.336 e. The SMILES string of the molecule is Cc1ccc(C(=O)N2CC[C@H](n3cnnc3-c3ccccc3)C2)cc1F. The van der Waals surface area contributed by atoms with E-state index in [4.69, 9.17) is 0 Å². The third kappa shape index (κ3) is 2.98. The summed E-state index contributed by atoms with van der Waals surface area (Å²) in [5.74, 6) is 0.309. The highest BCUT2D eigenvalue weighted by Crippen LogP contribution is 2.28. The second kappa shape index (κ2) is 6.71. The van der Waals surface area contributed by atoms with Crippen molar-refractivity contribution in [3.05, 3.63) is 71.8 Å². The Bertz CT molecular complexity index is 938. The zero-order chi connectivity index (χ0) is 18.1. The van der Waals surface area contributed by atoms with E-state index in [0.29, 0.717) is 24.2 Å². The fourth-order valence-electron chi connectivity index (χ4n) is 3.37. The molecule has 4 rings (SSSR count). The highest BCUT2D eigenvalue weighted by atomic mass is 19.1. The van der Waals surface area contributed by atoms with Crippen molar-refractivity contribution in [3.8, 4) is 11.4 Å². The number of carbonyl (C=O) groups is 1. The molecule has 5 nitrogen and oxygen atoms in total. The van der Waals surface area contributed by atoms with Crippen LogP contribution in [0.2, 0.25) is 0 Å². The molecule has 1 atom stereocenters. The molecule has 1 amide bonds. The topological polar surface area (TPSA) is 51.0 Å². The summed E-state index contributed by atoms with van der Waals surface area (Å²) in [5.41, 5.74) is 1.93. The average Bonchev–Trinajstić information content (AvgIpc) is 3.33. The molecule has 3 aromatic rings. The summed E-state index contributed by atoms with van der Waals surface area (Å²) in [6.45, 7) is 2.88. The Labute approximate surface area is 151 Å². The average molecular weight is 350 g/mol. The van der Waals surface area contributed by atoms with Crippen LogP contribution in [0.4, 0.5) is 4.39 Å². The van der Waals surface area contributed by atoms with Gasteiger partial charge in [0.25, 0.3) is 5.91 Å². The maximum absolute atomic E-state index is 13.8. The summed E-state index contributed by atoms with van der Waals surface area (Å²) in [5, 5.41) is 8.29. The zero-order valence-electron chi connectivity index (χ0n) is 14.5. The molecule has 0 N–H and O–H groups in total. The molecular weight excluding hydrogens is 331 g/mol. The standard InChI is InChI=1S/C20H19FN4O/c1-14-7-8-16(11-18(14)21)20(26)24-10-9-17(12-24)25-13-22-23-19(25)15-5-3-2-4-6-15/h2-8,11,13,17H,9-10,12H2,1H3/t17-/m0/s1. The highest BCUT2D eigenvalue weighted by molar-refractivity contribution is 5.94. The molecular formula is C20H19FN4O. The Kier molecular flexibility index (Phi) is 4.24. The van der Waals surface area contributed by atoms with Gasteiger partial charge in [-0.3, -0.25) is 4.79 Å². The van der Waals surface area contributed by atoms with Crippen LogP contribution in [0.15, 0.2) is 54.9 Å². The zero-order valence-corrected chi connectivity index (χ0v) is 14.5. The third-order valence-electron chi connectivity index (χ3n) is 4.87. The lowest BCUT2D eigenvalue weighted by Crippen LogP contribution is -2.29. The fraction of sp³-hybridized carbons (Fsp3) is 0.250. The minimum absolute atomic E-state index is 0.111. The molecule has 0 saturated carbocycles.